The Kier molecular flexibility index (Phi) is 6.31. The van der Waals surface area contributed by atoms with Crippen LogP contribution in [0.1, 0.15) is 32.7 Å². The molecule has 0 radical (unpaired) electrons. The topological polar surface area (TPSA) is 188 Å². The number of amides is 1. The van der Waals surface area contributed by atoms with Crippen LogP contribution in [0.4, 0.5) is 0 Å². The molecule has 3 aliphatic rings. The monoisotopic (exact) mass is 548 g/mol. The molecule has 0 heterocycles. The zero-order valence-corrected chi connectivity index (χ0v) is 22.0. The molecule has 6 N–H and O–H groups in total. The van der Waals surface area contributed by atoms with Gasteiger partial charge in [0.15, 0.2) is 17.7 Å². The van der Waals surface area contributed by atoms with Crippen LogP contribution in [-0.4, -0.2) is 81.9 Å². The Morgan fingerprint density at radius 2 is 1.85 bits per heavy atom. The van der Waals surface area contributed by atoms with E-state index in [1.807, 2.05) is 0 Å². The molecule has 0 unspecified atom stereocenters. The number of primary amides is 1. The smallest absolute Gasteiger partial charge is 0.255 e. The lowest BCUT2D eigenvalue weighted by atomic mass is 9.58. The van der Waals surface area contributed by atoms with Crippen LogP contribution < -0.4 is 10.5 Å². The summed E-state index contributed by atoms with van der Waals surface area (Å²) in [7, 11) is 4.57. The van der Waals surface area contributed by atoms with E-state index in [0.717, 1.165) is 0 Å². The molecular formula is C29H28N2O9. The molecule has 0 saturated carbocycles. The van der Waals surface area contributed by atoms with Crippen molar-refractivity contribution >= 4 is 23.8 Å². The van der Waals surface area contributed by atoms with Gasteiger partial charge in [0.05, 0.1) is 24.3 Å². The minimum absolute atomic E-state index is 0.0247. The third kappa shape index (κ3) is 3.58. The summed E-state index contributed by atoms with van der Waals surface area (Å²) in [6, 6.07) is 6.77. The van der Waals surface area contributed by atoms with Gasteiger partial charge in [0.2, 0.25) is 5.78 Å². The van der Waals surface area contributed by atoms with Crippen LogP contribution in [-0.2, 0) is 16.0 Å². The maximum atomic E-state index is 13.9. The first-order chi connectivity index (χ1) is 18.9. The lowest BCUT2D eigenvalue weighted by molar-refractivity contribution is -0.148. The van der Waals surface area contributed by atoms with Crippen LogP contribution in [0.3, 0.4) is 0 Å². The van der Waals surface area contributed by atoms with Crippen molar-refractivity contribution in [3.8, 4) is 22.6 Å². The van der Waals surface area contributed by atoms with E-state index in [2.05, 4.69) is 0 Å². The van der Waals surface area contributed by atoms with Gasteiger partial charge in [-0.15, -0.1) is 0 Å². The number of hydrogen-bond acceptors (Lipinski definition) is 10. The van der Waals surface area contributed by atoms with Crippen molar-refractivity contribution in [2.45, 2.75) is 24.5 Å². The molecule has 208 valence electrons. The Bertz CT molecular complexity index is 1570. The molecule has 11 heteroatoms. The third-order valence-electron chi connectivity index (χ3n) is 8.27. The van der Waals surface area contributed by atoms with Gasteiger partial charge in [0.1, 0.15) is 28.6 Å². The molecule has 2 aromatic carbocycles. The third-order valence-corrected chi connectivity index (χ3v) is 8.27. The van der Waals surface area contributed by atoms with E-state index in [9.17, 15) is 39.6 Å². The average Bonchev–Trinajstić information content (AvgIpc) is 2.90. The number of aldehydes is 1. The lowest BCUT2D eigenvalue weighted by Crippen LogP contribution is -2.63. The average molecular weight is 549 g/mol. The van der Waals surface area contributed by atoms with Gasteiger partial charge in [-0.1, -0.05) is 12.1 Å². The van der Waals surface area contributed by atoms with Crippen molar-refractivity contribution in [3.05, 3.63) is 69.7 Å². The molecule has 4 atom stereocenters. The Morgan fingerprint density at radius 3 is 2.45 bits per heavy atom. The van der Waals surface area contributed by atoms with Crippen LogP contribution in [0.15, 0.2) is 53.0 Å². The van der Waals surface area contributed by atoms with Crippen LogP contribution in [0, 0.1) is 11.8 Å². The zero-order chi connectivity index (χ0) is 29.3. The Hall–Kier alpha value is -4.48. The predicted octanol–water partition coefficient (Wildman–Crippen LogP) is 1.61. The highest BCUT2D eigenvalue weighted by Gasteiger charge is 2.63. The summed E-state index contributed by atoms with van der Waals surface area (Å²) in [5.41, 5.74) is 3.34. The quantitative estimate of drug-likeness (QED) is 0.271. The SMILES string of the molecule is COc1ccc(-c2ccc(O)c3c2C[C@H]2C[C@H]4[C@H](N(C)C)C(O)=C(C(N)=O)C(=O)[C@@]4(O)C(O)=C2C3=O)cc1C=O. The number of nitrogens with two attached hydrogens (primary N) is 1. The number of aliphatic hydroxyl groups excluding tert-OH is 2. The van der Waals surface area contributed by atoms with Crippen LogP contribution >= 0.6 is 0 Å². The second-order valence-corrected chi connectivity index (χ2v) is 10.5. The summed E-state index contributed by atoms with van der Waals surface area (Å²) in [6.45, 7) is 0. The van der Waals surface area contributed by atoms with Gasteiger partial charge < -0.3 is 30.9 Å². The standard InChI is InChI=1S/C29H28N2O9/c1-31(2)23-17-10-13-9-16-15(12-4-7-19(40-3)14(8-12)11-32)5-6-18(33)21(16)24(34)20(13)26(36)29(17,39)27(37)22(25(23)35)28(30)38/h4-8,11,13,17,23,33,35-36,39H,9-10H2,1-3H3,(H2,30,38)/t13-,17-,23-,29-/m0/s1. The van der Waals surface area contributed by atoms with Gasteiger partial charge in [-0.2, -0.15) is 0 Å². The Morgan fingerprint density at radius 1 is 1.15 bits per heavy atom. The summed E-state index contributed by atoms with van der Waals surface area (Å²) in [5.74, 6) is -6.75. The van der Waals surface area contributed by atoms with Gasteiger partial charge in [-0.3, -0.25) is 24.1 Å². The number of allylic oxidation sites excluding steroid dienone is 1. The summed E-state index contributed by atoms with van der Waals surface area (Å²) >= 11 is 0. The molecule has 5 rings (SSSR count). The molecule has 0 bridgehead atoms. The first-order valence-electron chi connectivity index (χ1n) is 12.5. The number of likely N-dealkylation sites (N-methyl/N-ethyl adjacent to an activating group) is 1. The predicted molar refractivity (Wildman–Crippen MR) is 141 cm³/mol. The van der Waals surface area contributed by atoms with Gasteiger partial charge in [-0.25, -0.2) is 0 Å². The number of aromatic hydroxyl groups is 1. The second kappa shape index (κ2) is 9.32. The van der Waals surface area contributed by atoms with Crippen molar-refractivity contribution in [2.75, 3.05) is 21.2 Å². The van der Waals surface area contributed by atoms with Crippen LogP contribution in [0.25, 0.3) is 11.1 Å². The minimum Gasteiger partial charge on any atom is -0.510 e. The maximum absolute atomic E-state index is 13.9. The molecule has 1 amide bonds. The lowest BCUT2D eigenvalue weighted by Gasteiger charge is -2.50. The van der Waals surface area contributed by atoms with E-state index in [1.165, 1.54) is 18.1 Å². The number of aliphatic hydroxyl groups is 3. The number of phenols is 1. The van der Waals surface area contributed by atoms with E-state index in [4.69, 9.17) is 10.5 Å². The maximum Gasteiger partial charge on any atom is 0.255 e. The Labute approximate surface area is 228 Å². The Balaban J connectivity index is 1.71. The largest absolute Gasteiger partial charge is 0.510 e. The summed E-state index contributed by atoms with van der Waals surface area (Å²) in [4.78, 5) is 52.5. The second-order valence-electron chi connectivity index (χ2n) is 10.5. The van der Waals surface area contributed by atoms with Gasteiger partial charge in [-0.05, 0) is 67.7 Å². The van der Waals surface area contributed by atoms with E-state index in [1.54, 1.807) is 38.4 Å². The fraction of sp³-hybridized carbons (Fsp3) is 0.310. The van der Waals surface area contributed by atoms with E-state index >= 15 is 0 Å². The number of ether oxygens (including phenoxy) is 1. The number of Topliss-reactive ketones (excluding diaryl/α,β-unsaturated/α-hetero) is 2. The van der Waals surface area contributed by atoms with Crippen LogP contribution in [0.2, 0.25) is 0 Å². The molecule has 40 heavy (non-hydrogen) atoms. The number of phenolic OH excluding ortho intramolecular Hbond substituents is 1. The van der Waals surface area contributed by atoms with Crippen molar-refractivity contribution in [2.24, 2.45) is 17.6 Å². The number of hydrogen-bond donors (Lipinski definition) is 5. The normalized spacial score (nSPS) is 25.9. The zero-order valence-electron chi connectivity index (χ0n) is 22.0. The first kappa shape index (κ1) is 27.1. The molecule has 0 aromatic heterocycles. The number of carbonyl (C=O) groups excluding carboxylic acids is 4. The van der Waals surface area contributed by atoms with E-state index < -0.39 is 58.0 Å². The molecule has 3 aliphatic carbocycles. The van der Waals surface area contributed by atoms with E-state index in [-0.39, 0.29) is 35.3 Å². The molecule has 2 aromatic rings. The molecular weight excluding hydrogens is 520 g/mol. The fourth-order valence-corrected chi connectivity index (χ4v) is 6.52. The highest BCUT2D eigenvalue weighted by atomic mass is 16.5. The number of nitrogens with zero attached hydrogens (tertiary/aromatic N) is 1. The van der Waals surface area contributed by atoms with Crippen molar-refractivity contribution < 1.29 is 44.3 Å². The van der Waals surface area contributed by atoms with E-state index in [0.29, 0.717) is 28.7 Å². The van der Waals surface area contributed by atoms with Gasteiger partial charge in [0.25, 0.3) is 5.91 Å². The van der Waals surface area contributed by atoms with Crippen molar-refractivity contribution in [1.29, 1.82) is 0 Å². The highest BCUT2D eigenvalue weighted by molar-refractivity contribution is 6.25. The van der Waals surface area contributed by atoms with Crippen molar-refractivity contribution in [1.82, 2.24) is 4.90 Å². The number of benzene rings is 2. The number of ketones is 2. The highest BCUT2D eigenvalue weighted by Crippen LogP contribution is 2.53. The summed E-state index contributed by atoms with van der Waals surface area (Å²) in [6.07, 6.45) is 0.743. The molecule has 11 nitrogen and oxygen atoms in total. The first-order valence-corrected chi connectivity index (χ1v) is 12.5. The van der Waals surface area contributed by atoms with Gasteiger partial charge in [0, 0.05) is 11.5 Å². The van der Waals surface area contributed by atoms with Crippen LogP contribution in [0.5, 0.6) is 11.5 Å². The van der Waals surface area contributed by atoms with Crippen molar-refractivity contribution in [3.63, 3.8) is 0 Å². The molecule has 0 spiro atoms. The number of fused-ring (bicyclic) bond motifs is 3. The molecule has 0 fully saturated rings. The number of methoxy groups -OCH3 is 1. The number of carbonyl (C=O) groups is 4. The summed E-state index contributed by atoms with van der Waals surface area (Å²) in [5, 5.41) is 44.7. The molecule has 0 saturated heterocycles. The molecule has 0 aliphatic heterocycles. The minimum atomic E-state index is -2.70. The summed E-state index contributed by atoms with van der Waals surface area (Å²) < 4.78 is 5.22. The van der Waals surface area contributed by atoms with Gasteiger partial charge >= 0.3 is 0 Å². The fourth-order valence-electron chi connectivity index (χ4n) is 6.52. The number of rotatable bonds is 5.